The molecule has 0 aliphatic carbocycles. The minimum absolute atomic E-state index is 0.0404. The molecule has 0 spiro atoms. The first-order chi connectivity index (χ1) is 8.36. The Labute approximate surface area is 110 Å². The highest BCUT2D eigenvalue weighted by atomic mass is 35.5. The monoisotopic (exact) mass is 293 g/mol. The fourth-order valence-electron chi connectivity index (χ4n) is 1.19. The fraction of sp³-hybridized carbons (Fsp3) is 0.300. The minimum Gasteiger partial charge on any atom is -0.497 e. The van der Waals surface area contributed by atoms with E-state index in [-0.39, 0.29) is 22.9 Å². The van der Waals surface area contributed by atoms with E-state index in [9.17, 15) is 13.2 Å². The molecule has 0 aliphatic heterocycles. The maximum atomic E-state index is 11.9. The quantitative estimate of drug-likeness (QED) is 0.819. The molecule has 0 aromatic heterocycles. The molecule has 0 saturated carbocycles. The Kier molecular flexibility index (Phi) is 4.94. The van der Waals surface area contributed by atoms with E-state index in [1.165, 1.54) is 25.3 Å². The number of hydrogen-bond donors (Lipinski definition) is 2. The summed E-state index contributed by atoms with van der Waals surface area (Å²) in [6.07, 6.45) is -0.305. The summed E-state index contributed by atoms with van der Waals surface area (Å²) in [5, 5.41) is 8.48. The Morgan fingerprint density at radius 2 is 2.17 bits per heavy atom. The van der Waals surface area contributed by atoms with Crippen LogP contribution in [0.3, 0.4) is 0 Å². The number of nitrogens with one attached hydrogen (secondary N) is 1. The van der Waals surface area contributed by atoms with E-state index in [1.807, 2.05) is 0 Å². The average Bonchev–Trinajstić information content (AvgIpc) is 2.28. The van der Waals surface area contributed by atoms with Crippen molar-refractivity contribution in [2.45, 2.75) is 11.3 Å². The van der Waals surface area contributed by atoms with E-state index in [1.54, 1.807) is 0 Å². The van der Waals surface area contributed by atoms with Crippen molar-refractivity contribution in [3.63, 3.8) is 0 Å². The van der Waals surface area contributed by atoms with E-state index in [2.05, 4.69) is 4.72 Å². The smallest absolute Gasteiger partial charge is 0.304 e. The SMILES string of the molecule is COc1ccc(Cl)c(S(=O)(=O)NCCC(=O)O)c1. The highest BCUT2D eigenvalue weighted by molar-refractivity contribution is 7.89. The maximum Gasteiger partial charge on any atom is 0.304 e. The fourth-order valence-corrected chi connectivity index (χ4v) is 2.73. The zero-order valence-electron chi connectivity index (χ0n) is 9.51. The highest BCUT2D eigenvalue weighted by Gasteiger charge is 2.18. The van der Waals surface area contributed by atoms with Gasteiger partial charge in [0, 0.05) is 12.6 Å². The van der Waals surface area contributed by atoms with E-state index in [0.29, 0.717) is 5.75 Å². The Bertz CT molecular complexity index is 543. The molecule has 6 nitrogen and oxygen atoms in total. The second kappa shape index (κ2) is 6.03. The number of methoxy groups -OCH3 is 1. The molecule has 0 aliphatic rings. The lowest BCUT2D eigenvalue weighted by Gasteiger charge is -2.09. The predicted molar refractivity (Wildman–Crippen MR) is 65.4 cm³/mol. The first-order valence-electron chi connectivity index (χ1n) is 4.92. The number of carboxylic acid groups (broad SMARTS) is 1. The number of halogens is 1. The standard InChI is InChI=1S/C10H12ClNO5S/c1-17-7-2-3-8(11)9(6-7)18(15,16)12-5-4-10(13)14/h2-3,6,12H,4-5H2,1H3,(H,13,14). The van der Waals surface area contributed by atoms with Crippen molar-refractivity contribution in [3.05, 3.63) is 23.2 Å². The van der Waals surface area contributed by atoms with E-state index >= 15 is 0 Å². The van der Waals surface area contributed by atoms with Gasteiger partial charge in [0.05, 0.1) is 18.6 Å². The molecule has 0 unspecified atom stereocenters. The summed E-state index contributed by atoms with van der Waals surface area (Å²) in [5.74, 6) is -0.743. The van der Waals surface area contributed by atoms with Crippen LogP contribution in [0.15, 0.2) is 23.1 Å². The third-order valence-electron chi connectivity index (χ3n) is 2.06. The molecule has 1 rings (SSSR count). The van der Waals surface area contributed by atoms with Crippen LogP contribution in [0.2, 0.25) is 5.02 Å². The van der Waals surface area contributed by atoms with Gasteiger partial charge in [-0.3, -0.25) is 4.79 Å². The van der Waals surface area contributed by atoms with Crippen LogP contribution in [0.25, 0.3) is 0 Å². The molecule has 18 heavy (non-hydrogen) atoms. The number of aliphatic carboxylic acids is 1. The van der Waals surface area contributed by atoms with Gasteiger partial charge in [-0.15, -0.1) is 0 Å². The molecule has 1 aromatic carbocycles. The van der Waals surface area contributed by atoms with Crippen LogP contribution in [0.1, 0.15) is 6.42 Å². The molecule has 0 radical (unpaired) electrons. The topological polar surface area (TPSA) is 92.7 Å². The number of carboxylic acids is 1. The Hall–Kier alpha value is -1.31. The van der Waals surface area contributed by atoms with Crippen LogP contribution < -0.4 is 9.46 Å². The first-order valence-corrected chi connectivity index (χ1v) is 6.78. The van der Waals surface area contributed by atoms with Gasteiger partial charge in [-0.05, 0) is 12.1 Å². The Morgan fingerprint density at radius 3 is 2.72 bits per heavy atom. The molecule has 0 atom stereocenters. The molecule has 8 heteroatoms. The van der Waals surface area contributed by atoms with Crippen molar-refractivity contribution >= 4 is 27.6 Å². The van der Waals surface area contributed by atoms with Gasteiger partial charge >= 0.3 is 5.97 Å². The molecule has 1 aromatic rings. The van der Waals surface area contributed by atoms with E-state index in [0.717, 1.165) is 0 Å². The van der Waals surface area contributed by atoms with Gasteiger partial charge in [0.25, 0.3) is 0 Å². The lowest BCUT2D eigenvalue weighted by Crippen LogP contribution is -2.26. The largest absolute Gasteiger partial charge is 0.497 e. The summed E-state index contributed by atoms with van der Waals surface area (Å²) >= 11 is 5.79. The average molecular weight is 294 g/mol. The molecule has 0 heterocycles. The number of hydrogen-bond acceptors (Lipinski definition) is 4. The van der Waals surface area contributed by atoms with Crippen molar-refractivity contribution < 1.29 is 23.1 Å². The number of carbonyl (C=O) groups is 1. The Morgan fingerprint density at radius 1 is 1.50 bits per heavy atom. The van der Waals surface area contributed by atoms with E-state index in [4.69, 9.17) is 21.4 Å². The third kappa shape index (κ3) is 3.86. The van der Waals surface area contributed by atoms with Gasteiger partial charge in [0.15, 0.2) is 0 Å². The second-order valence-electron chi connectivity index (χ2n) is 3.34. The summed E-state index contributed by atoms with van der Waals surface area (Å²) in [5.41, 5.74) is 0. The van der Waals surface area contributed by atoms with Gasteiger partial charge in [-0.25, -0.2) is 13.1 Å². The van der Waals surface area contributed by atoms with Crippen molar-refractivity contribution in [2.24, 2.45) is 0 Å². The summed E-state index contributed by atoms with van der Waals surface area (Å²) < 4.78 is 30.8. The Balaban J connectivity index is 2.93. The number of sulfonamides is 1. The van der Waals surface area contributed by atoms with E-state index < -0.39 is 16.0 Å². The zero-order chi connectivity index (χ0) is 13.8. The summed E-state index contributed by atoms with van der Waals surface area (Å²) in [4.78, 5) is 10.2. The van der Waals surface area contributed by atoms with Crippen molar-refractivity contribution in [1.82, 2.24) is 4.72 Å². The third-order valence-corrected chi connectivity index (χ3v) is 4.00. The summed E-state index contributed by atoms with van der Waals surface area (Å²) in [7, 11) is -2.44. The van der Waals surface area contributed by atoms with Crippen LogP contribution in [0.5, 0.6) is 5.75 Å². The molecule has 0 bridgehead atoms. The molecule has 2 N–H and O–H groups in total. The number of benzene rings is 1. The lowest BCUT2D eigenvalue weighted by molar-refractivity contribution is -0.136. The van der Waals surface area contributed by atoms with Gasteiger partial charge in [0.1, 0.15) is 10.6 Å². The zero-order valence-corrected chi connectivity index (χ0v) is 11.1. The van der Waals surface area contributed by atoms with Crippen LogP contribution in [-0.4, -0.2) is 33.1 Å². The molecule has 0 amide bonds. The summed E-state index contributed by atoms with van der Waals surface area (Å²) in [6, 6.07) is 4.19. The van der Waals surface area contributed by atoms with Crippen LogP contribution in [-0.2, 0) is 14.8 Å². The van der Waals surface area contributed by atoms with Crippen LogP contribution in [0, 0.1) is 0 Å². The normalized spacial score (nSPS) is 11.2. The predicted octanol–water partition coefficient (Wildman–Crippen LogP) is 1.10. The van der Waals surface area contributed by atoms with Crippen LogP contribution >= 0.6 is 11.6 Å². The lowest BCUT2D eigenvalue weighted by atomic mass is 10.3. The number of ether oxygens (including phenoxy) is 1. The van der Waals surface area contributed by atoms with Crippen molar-refractivity contribution in [3.8, 4) is 5.75 Å². The van der Waals surface area contributed by atoms with Gasteiger partial charge in [0.2, 0.25) is 10.0 Å². The van der Waals surface area contributed by atoms with Gasteiger partial charge in [-0.2, -0.15) is 0 Å². The van der Waals surface area contributed by atoms with Crippen molar-refractivity contribution in [1.29, 1.82) is 0 Å². The number of rotatable bonds is 6. The minimum atomic E-state index is -3.84. The van der Waals surface area contributed by atoms with Crippen LogP contribution in [0.4, 0.5) is 0 Å². The van der Waals surface area contributed by atoms with Gasteiger partial charge < -0.3 is 9.84 Å². The molecule has 100 valence electrons. The highest BCUT2D eigenvalue weighted by Crippen LogP contribution is 2.25. The molecule has 0 fully saturated rings. The van der Waals surface area contributed by atoms with Crippen molar-refractivity contribution in [2.75, 3.05) is 13.7 Å². The summed E-state index contributed by atoms with van der Waals surface area (Å²) in [6.45, 7) is -0.203. The molecule has 0 saturated heterocycles. The first kappa shape index (κ1) is 14.7. The molecular weight excluding hydrogens is 282 g/mol. The molecular formula is C10H12ClNO5S. The van der Waals surface area contributed by atoms with Gasteiger partial charge in [-0.1, -0.05) is 11.6 Å². The second-order valence-corrected chi connectivity index (χ2v) is 5.48. The maximum absolute atomic E-state index is 11.9.